The number of hydrogen-bond acceptors (Lipinski definition) is 2. The van der Waals surface area contributed by atoms with Crippen LogP contribution in [0.4, 0.5) is 0 Å². The molecule has 1 aromatic carbocycles. The number of likely N-dealkylation sites (tertiary alicyclic amines) is 1. The molecule has 4 rings (SSSR count). The highest BCUT2D eigenvalue weighted by Crippen LogP contribution is 2.55. The van der Waals surface area contributed by atoms with E-state index in [1.807, 2.05) is 6.92 Å². The fourth-order valence-electron chi connectivity index (χ4n) is 5.47. The molecule has 0 radical (unpaired) electrons. The first-order valence-electron chi connectivity index (χ1n) is 8.63. The van der Waals surface area contributed by atoms with Crippen molar-refractivity contribution in [2.45, 2.75) is 63.0 Å². The van der Waals surface area contributed by atoms with Gasteiger partial charge in [0.05, 0.1) is 6.10 Å². The zero-order chi connectivity index (χ0) is 14.6. The van der Waals surface area contributed by atoms with Crippen LogP contribution in [0.15, 0.2) is 18.2 Å². The Morgan fingerprint density at radius 3 is 2.95 bits per heavy atom. The van der Waals surface area contributed by atoms with Crippen LogP contribution in [-0.2, 0) is 11.8 Å². The smallest absolute Gasteiger partial charge is 0.0762 e. The highest BCUT2D eigenvalue weighted by atomic mass is 16.3. The second-order valence-electron chi connectivity index (χ2n) is 7.60. The molecule has 1 saturated heterocycles. The Labute approximate surface area is 128 Å². The normalized spacial score (nSPS) is 36.7. The van der Waals surface area contributed by atoms with Crippen molar-refractivity contribution in [2.75, 3.05) is 13.6 Å². The van der Waals surface area contributed by atoms with Gasteiger partial charge >= 0.3 is 0 Å². The van der Waals surface area contributed by atoms with E-state index in [-0.39, 0.29) is 6.10 Å². The Morgan fingerprint density at radius 2 is 2.14 bits per heavy atom. The van der Waals surface area contributed by atoms with Crippen LogP contribution < -0.4 is 0 Å². The predicted octanol–water partition coefficient (Wildman–Crippen LogP) is 3.43. The monoisotopic (exact) mass is 285 g/mol. The Kier molecular flexibility index (Phi) is 3.16. The second kappa shape index (κ2) is 4.82. The van der Waals surface area contributed by atoms with E-state index in [1.54, 1.807) is 11.1 Å². The summed E-state index contributed by atoms with van der Waals surface area (Å²) in [4.78, 5) is 2.61. The fourth-order valence-corrected chi connectivity index (χ4v) is 5.47. The zero-order valence-corrected chi connectivity index (χ0v) is 13.3. The van der Waals surface area contributed by atoms with E-state index in [0.717, 1.165) is 17.5 Å². The summed E-state index contributed by atoms with van der Waals surface area (Å²) in [6.07, 6.45) is 7.70. The number of aliphatic hydroxyl groups excluding tert-OH is 1. The van der Waals surface area contributed by atoms with E-state index >= 15 is 0 Å². The highest BCUT2D eigenvalue weighted by Gasteiger charge is 2.52. The summed E-state index contributed by atoms with van der Waals surface area (Å²) in [5, 5.41) is 9.98. The van der Waals surface area contributed by atoms with Crippen molar-refractivity contribution in [1.82, 2.24) is 4.90 Å². The number of likely N-dealkylation sites (N-methyl/N-ethyl adjacent to an activating group) is 1. The first-order valence-corrected chi connectivity index (χ1v) is 8.63. The quantitative estimate of drug-likeness (QED) is 0.854. The topological polar surface area (TPSA) is 23.5 Å². The molecule has 1 aromatic rings. The molecule has 3 aliphatic rings. The van der Waals surface area contributed by atoms with Gasteiger partial charge in [0.15, 0.2) is 0 Å². The predicted molar refractivity (Wildman–Crippen MR) is 85.5 cm³/mol. The molecular formula is C19H27NO. The van der Waals surface area contributed by atoms with Crippen LogP contribution in [0.5, 0.6) is 0 Å². The number of aliphatic hydroxyl groups is 1. The molecule has 0 amide bonds. The lowest BCUT2D eigenvalue weighted by molar-refractivity contribution is 0.00271. The molecule has 1 N–H and O–H groups in total. The van der Waals surface area contributed by atoms with Crippen molar-refractivity contribution in [3.05, 3.63) is 34.9 Å². The lowest BCUT2D eigenvalue weighted by atomic mass is 9.52. The summed E-state index contributed by atoms with van der Waals surface area (Å²) < 4.78 is 0. The molecule has 2 bridgehead atoms. The van der Waals surface area contributed by atoms with Crippen LogP contribution in [0.25, 0.3) is 0 Å². The van der Waals surface area contributed by atoms with Gasteiger partial charge in [-0.2, -0.15) is 0 Å². The number of piperidine rings is 1. The summed E-state index contributed by atoms with van der Waals surface area (Å²) in [6, 6.07) is 7.53. The minimum atomic E-state index is -0.349. The van der Waals surface area contributed by atoms with Crippen LogP contribution in [0.2, 0.25) is 0 Å². The molecule has 2 nitrogen and oxygen atoms in total. The minimum Gasteiger partial charge on any atom is -0.389 e. The summed E-state index contributed by atoms with van der Waals surface area (Å²) >= 11 is 0. The summed E-state index contributed by atoms with van der Waals surface area (Å²) in [7, 11) is 2.32. The first-order chi connectivity index (χ1) is 10.1. The molecule has 1 aliphatic heterocycles. The van der Waals surface area contributed by atoms with E-state index < -0.39 is 0 Å². The number of nitrogens with zero attached hydrogens (tertiary/aromatic N) is 1. The molecule has 21 heavy (non-hydrogen) atoms. The number of rotatable bonds is 1. The van der Waals surface area contributed by atoms with Crippen molar-refractivity contribution in [2.24, 2.45) is 5.92 Å². The van der Waals surface area contributed by atoms with Crippen molar-refractivity contribution >= 4 is 0 Å². The highest BCUT2D eigenvalue weighted by molar-refractivity contribution is 5.44. The summed E-state index contributed by atoms with van der Waals surface area (Å²) in [5.41, 5.74) is 4.65. The molecule has 0 spiro atoms. The molecule has 1 heterocycles. The summed E-state index contributed by atoms with van der Waals surface area (Å²) in [6.45, 7) is 3.12. The summed E-state index contributed by atoms with van der Waals surface area (Å²) in [5.74, 6) is 0.835. The molecule has 2 heteroatoms. The molecule has 1 unspecified atom stereocenters. The van der Waals surface area contributed by atoms with Gasteiger partial charge in [-0.3, -0.25) is 0 Å². The Balaban J connectivity index is 1.87. The molecule has 2 fully saturated rings. The van der Waals surface area contributed by atoms with Crippen LogP contribution in [0.3, 0.4) is 0 Å². The van der Waals surface area contributed by atoms with Gasteiger partial charge in [-0.1, -0.05) is 31.0 Å². The van der Waals surface area contributed by atoms with E-state index in [2.05, 4.69) is 30.1 Å². The van der Waals surface area contributed by atoms with Gasteiger partial charge in [0, 0.05) is 11.5 Å². The molecule has 114 valence electrons. The zero-order valence-electron chi connectivity index (χ0n) is 13.3. The standard InChI is InChI=1S/C19H27NO/c1-13(21)14-6-7-15-12-18-16-5-3-4-8-19(16,17(15)11-14)9-10-20(18)2/h6-7,11,13,16,18,21H,3-5,8-10,12H2,1-2H3/t13?,16-,18+,19+/m0/s1. The van der Waals surface area contributed by atoms with E-state index in [9.17, 15) is 5.11 Å². The first kappa shape index (κ1) is 13.8. The molecule has 2 aliphatic carbocycles. The largest absolute Gasteiger partial charge is 0.389 e. The van der Waals surface area contributed by atoms with Gasteiger partial charge in [-0.15, -0.1) is 0 Å². The third kappa shape index (κ3) is 1.92. The third-order valence-corrected chi connectivity index (χ3v) is 6.62. The second-order valence-corrected chi connectivity index (χ2v) is 7.60. The Bertz CT molecular complexity index is 552. The van der Waals surface area contributed by atoms with Gasteiger partial charge in [0.1, 0.15) is 0 Å². The maximum atomic E-state index is 9.98. The van der Waals surface area contributed by atoms with Crippen molar-refractivity contribution in [3.8, 4) is 0 Å². The van der Waals surface area contributed by atoms with Gasteiger partial charge in [-0.05, 0) is 68.8 Å². The fraction of sp³-hybridized carbons (Fsp3) is 0.684. The van der Waals surface area contributed by atoms with E-state index in [4.69, 9.17) is 0 Å². The van der Waals surface area contributed by atoms with Gasteiger partial charge in [0.25, 0.3) is 0 Å². The average molecular weight is 285 g/mol. The van der Waals surface area contributed by atoms with Crippen LogP contribution in [0.1, 0.15) is 61.8 Å². The van der Waals surface area contributed by atoms with Crippen LogP contribution in [-0.4, -0.2) is 29.6 Å². The maximum absolute atomic E-state index is 9.98. The van der Waals surface area contributed by atoms with Crippen molar-refractivity contribution in [3.63, 3.8) is 0 Å². The maximum Gasteiger partial charge on any atom is 0.0762 e. The SMILES string of the molecule is CC(O)c1ccc2c(c1)[C@@]13CCCC[C@H]1[C@@H](C2)N(C)CC3. The van der Waals surface area contributed by atoms with Gasteiger partial charge < -0.3 is 10.0 Å². The van der Waals surface area contributed by atoms with E-state index in [0.29, 0.717) is 5.41 Å². The van der Waals surface area contributed by atoms with Crippen molar-refractivity contribution < 1.29 is 5.11 Å². The molecule has 0 aromatic heterocycles. The molecule has 1 saturated carbocycles. The number of fused-ring (bicyclic) bond motifs is 1. The molecule has 4 atom stereocenters. The van der Waals surface area contributed by atoms with Crippen LogP contribution >= 0.6 is 0 Å². The molecular weight excluding hydrogens is 258 g/mol. The van der Waals surface area contributed by atoms with Gasteiger partial charge in [-0.25, -0.2) is 0 Å². The average Bonchev–Trinajstić information content (AvgIpc) is 2.50. The van der Waals surface area contributed by atoms with E-state index in [1.165, 1.54) is 45.1 Å². The third-order valence-electron chi connectivity index (χ3n) is 6.62. The lowest BCUT2D eigenvalue weighted by Crippen LogP contribution is -2.59. The number of hydrogen-bond donors (Lipinski definition) is 1. The lowest BCUT2D eigenvalue weighted by Gasteiger charge is -2.58. The Morgan fingerprint density at radius 1 is 1.29 bits per heavy atom. The van der Waals surface area contributed by atoms with Gasteiger partial charge in [0.2, 0.25) is 0 Å². The minimum absolute atomic E-state index is 0.349. The van der Waals surface area contributed by atoms with Crippen LogP contribution in [0, 0.1) is 5.92 Å². The Hall–Kier alpha value is -0.860. The number of benzene rings is 1. The van der Waals surface area contributed by atoms with Crippen molar-refractivity contribution in [1.29, 1.82) is 0 Å².